The maximum atomic E-state index is 12.9. The smallest absolute Gasteiger partial charge is 0.324 e. The summed E-state index contributed by atoms with van der Waals surface area (Å²) in [6.45, 7) is 14.8. The number of aromatic nitrogens is 3. The van der Waals surface area contributed by atoms with Crippen LogP contribution in [-0.4, -0.2) is 58.7 Å². The van der Waals surface area contributed by atoms with Crippen LogP contribution in [0.5, 0.6) is 5.88 Å². The van der Waals surface area contributed by atoms with Crippen LogP contribution in [-0.2, 0) is 4.79 Å². The fourth-order valence-corrected chi connectivity index (χ4v) is 5.13. The third-order valence-electron chi connectivity index (χ3n) is 7.75. The maximum absolute atomic E-state index is 12.9. The fraction of sp³-hybridized carbons (Fsp3) is 0.655. The van der Waals surface area contributed by atoms with Gasteiger partial charge in [0.1, 0.15) is 0 Å². The standard InChI is InChI=1S/C29H43N5O3/c1-5-24(28(35)33-15-7-6-8-16-33)10-9-22(4)25-11-12-26(30-19-25)36-20-23-13-17-34(18-14-23)29-31-27(21(2)3)32-37-29/h11-12,19,21,23-24H,4-10,13-18,20H2,1-3H3. The molecule has 4 rings (SSSR count). The van der Waals surface area contributed by atoms with E-state index in [1.165, 1.54) is 6.42 Å². The van der Waals surface area contributed by atoms with Crippen LogP contribution in [0.4, 0.5) is 6.01 Å². The van der Waals surface area contributed by atoms with Crippen molar-refractivity contribution in [3.05, 3.63) is 36.3 Å². The number of nitrogens with zero attached hydrogens (tertiary/aromatic N) is 5. The molecule has 2 saturated heterocycles. The molecule has 37 heavy (non-hydrogen) atoms. The molecule has 0 N–H and O–H groups in total. The van der Waals surface area contributed by atoms with Crippen molar-refractivity contribution >= 4 is 17.5 Å². The van der Waals surface area contributed by atoms with E-state index < -0.39 is 0 Å². The van der Waals surface area contributed by atoms with Gasteiger partial charge in [-0.3, -0.25) is 4.79 Å². The van der Waals surface area contributed by atoms with Crippen LogP contribution in [0.15, 0.2) is 29.4 Å². The number of ether oxygens (including phenoxy) is 1. The monoisotopic (exact) mass is 509 g/mol. The molecule has 2 aliphatic rings. The molecule has 2 aromatic heterocycles. The lowest BCUT2D eigenvalue weighted by molar-refractivity contribution is -0.136. The SMILES string of the molecule is C=C(CCC(CC)C(=O)N1CCCCC1)c1ccc(OCC2CCN(c3nc(C(C)C)no3)CC2)nc1. The average Bonchev–Trinajstić information content (AvgIpc) is 3.44. The van der Waals surface area contributed by atoms with Gasteiger partial charge in [-0.25, -0.2) is 4.98 Å². The predicted molar refractivity (Wildman–Crippen MR) is 146 cm³/mol. The largest absolute Gasteiger partial charge is 0.477 e. The lowest BCUT2D eigenvalue weighted by Gasteiger charge is -2.30. The molecule has 0 aliphatic carbocycles. The molecule has 2 aliphatic heterocycles. The summed E-state index contributed by atoms with van der Waals surface area (Å²) in [6.07, 6.45) is 9.90. The van der Waals surface area contributed by atoms with E-state index in [-0.39, 0.29) is 11.8 Å². The van der Waals surface area contributed by atoms with Gasteiger partial charge < -0.3 is 19.1 Å². The lowest BCUT2D eigenvalue weighted by Crippen LogP contribution is -2.39. The zero-order valence-corrected chi connectivity index (χ0v) is 22.8. The molecule has 0 aromatic carbocycles. The highest BCUT2D eigenvalue weighted by Gasteiger charge is 2.25. The molecule has 202 valence electrons. The zero-order chi connectivity index (χ0) is 26.2. The molecule has 0 saturated carbocycles. The molecule has 0 spiro atoms. The Kier molecular flexibility index (Phi) is 9.58. The van der Waals surface area contributed by atoms with Crippen LogP contribution >= 0.6 is 0 Å². The summed E-state index contributed by atoms with van der Waals surface area (Å²) in [5, 5.41) is 4.07. The van der Waals surface area contributed by atoms with Gasteiger partial charge in [0.15, 0.2) is 5.82 Å². The molecular weight excluding hydrogens is 466 g/mol. The Labute approximate surface area is 221 Å². The highest BCUT2D eigenvalue weighted by Crippen LogP contribution is 2.26. The van der Waals surface area contributed by atoms with Gasteiger partial charge in [-0.05, 0) is 74.5 Å². The number of pyridine rings is 1. The number of anilines is 1. The van der Waals surface area contributed by atoms with E-state index in [4.69, 9.17) is 9.26 Å². The normalized spacial score (nSPS) is 17.7. The Bertz CT molecular complexity index is 1000. The van der Waals surface area contributed by atoms with Gasteiger partial charge in [0, 0.05) is 50.3 Å². The van der Waals surface area contributed by atoms with Crippen molar-refractivity contribution in [2.24, 2.45) is 11.8 Å². The van der Waals surface area contributed by atoms with Gasteiger partial charge >= 0.3 is 6.01 Å². The lowest BCUT2D eigenvalue weighted by atomic mass is 9.93. The number of rotatable bonds is 11. The molecule has 8 heteroatoms. The number of hydrogen-bond donors (Lipinski definition) is 0. The second-order valence-corrected chi connectivity index (χ2v) is 10.8. The summed E-state index contributed by atoms with van der Waals surface area (Å²) in [5.41, 5.74) is 2.04. The van der Waals surface area contributed by atoms with Gasteiger partial charge in [0.2, 0.25) is 11.8 Å². The van der Waals surface area contributed by atoms with Crippen molar-refractivity contribution in [1.29, 1.82) is 0 Å². The van der Waals surface area contributed by atoms with Crippen molar-refractivity contribution in [2.75, 3.05) is 37.7 Å². The molecule has 1 atom stereocenters. The predicted octanol–water partition coefficient (Wildman–Crippen LogP) is 5.72. The van der Waals surface area contributed by atoms with Crippen LogP contribution in [0.3, 0.4) is 0 Å². The third kappa shape index (κ3) is 7.33. The first-order chi connectivity index (χ1) is 17.9. The third-order valence-corrected chi connectivity index (χ3v) is 7.75. The fourth-order valence-electron chi connectivity index (χ4n) is 5.13. The summed E-state index contributed by atoms with van der Waals surface area (Å²) in [7, 11) is 0. The van der Waals surface area contributed by atoms with E-state index in [0.29, 0.717) is 30.3 Å². The molecule has 4 heterocycles. The molecule has 2 fully saturated rings. The van der Waals surface area contributed by atoms with Crippen LogP contribution < -0.4 is 9.64 Å². The van der Waals surface area contributed by atoms with Crippen molar-refractivity contribution in [2.45, 2.75) is 78.1 Å². The average molecular weight is 510 g/mol. The zero-order valence-electron chi connectivity index (χ0n) is 22.8. The van der Waals surface area contributed by atoms with E-state index in [9.17, 15) is 4.79 Å². The summed E-state index contributed by atoms with van der Waals surface area (Å²) >= 11 is 0. The van der Waals surface area contributed by atoms with Gasteiger partial charge in [0.05, 0.1) is 6.61 Å². The highest BCUT2D eigenvalue weighted by molar-refractivity contribution is 5.79. The van der Waals surface area contributed by atoms with Gasteiger partial charge in [-0.15, -0.1) is 0 Å². The highest BCUT2D eigenvalue weighted by atomic mass is 16.5. The maximum Gasteiger partial charge on any atom is 0.324 e. The number of amides is 1. The molecule has 0 bridgehead atoms. The molecule has 1 unspecified atom stereocenters. The number of piperidine rings is 2. The number of likely N-dealkylation sites (tertiary alicyclic amines) is 1. The van der Waals surface area contributed by atoms with E-state index >= 15 is 0 Å². The van der Waals surface area contributed by atoms with Crippen LogP contribution in [0.2, 0.25) is 0 Å². The number of carbonyl (C=O) groups excluding carboxylic acids is 1. The van der Waals surface area contributed by atoms with Gasteiger partial charge in [-0.1, -0.05) is 32.5 Å². The number of carbonyl (C=O) groups is 1. The van der Waals surface area contributed by atoms with Gasteiger partial charge in [-0.2, -0.15) is 4.98 Å². The van der Waals surface area contributed by atoms with Crippen molar-refractivity contribution in [3.63, 3.8) is 0 Å². The van der Waals surface area contributed by atoms with Crippen molar-refractivity contribution in [3.8, 4) is 5.88 Å². The summed E-state index contributed by atoms with van der Waals surface area (Å²) in [5.74, 6) is 2.54. The van der Waals surface area contributed by atoms with Crippen LogP contribution in [0, 0.1) is 11.8 Å². The van der Waals surface area contributed by atoms with Crippen molar-refractivity contribution < 1.29 is 14.1 Å². The Morgan fingerprint density at radius 3 is 2.54 bits per heavy atom. The van der Waals surface area contributed by atoms with E-state index in [1.54, 1.807) is 0 Å². The van der Waals surface area contributed by atoms with E-state index in [1.807, 2.05) is 18.3 Å². The first-order valence-electron chi connectivity index (χ1n) is 14.1. The van der Waals surface area contributed by atoms with E-state index in [2.05, 4.69) is 52.3 Å². The molecule has 2 aromatic rings. The minimum absolute atomic E-state index is 0.0777. The quantitative estimate of drug-likeness (QED) is 0.383. The summed E-state index contributed by atoms with van der Waals surface area (Å²) in [4.78, 5) is 26.2. The summed E-state index contributed by atoms with van der Waals surface area (Å²) < 4.78 is 11.4. The Morgan fingerprint density at radius 1 is 1.16 bits per heavy atom. The first kappa shape index (κ1) is 27.1. The minimum Gasteiger partial charge on any atom is -0.477 e. The molecule has 8 nitrogen and oxygen atoms in total. The van der Waals surface area contributed by atoms with Gasteiger partial charge in [0.25, 0.3) is 0 Å². The van der Waals surface area contributed by atoms with E-state index in [0.717, 1.165) is 88.1 Å². The molecule has 0 radical (unpaired) electrons. The Balaban J connectivity index is 1.18. The second-order valence-electron chi connectivity index (χ2n) is 10.8. The Morgan fingerprint density at radius 2 is 1.92 bits per heavy atom. The minimum atomic E-state index is 0.0777. The summed E-state index contributed by atoms with van der Waals surface area (Å²) in [6, 6.07) is 4.59. The Hall–Kier alpha value is -2.90. The van der Waals surface area contributed by atoms with Crippen LogP contribution in [0.25, 0.3) is 5.57 Å². The van der Waals surface area contributed by atoms with Crippen molar-refractivity contribution in [1.82, 2.24) is 20.0 Å². The topological polar surface area (TPSA) is 84.6 Å². The molecular formula is C29H43N5O3. The molecule has 1 amide bonds. The van der Waals surface area contributed by atoms with Crippen LogP contribution in [0.1, 0.15) is 89.4 Å². The number of allylic oxidation sites excluding steroid dienone is 1. The first-order valence-corrected chi connectivity index (χ1v) is 14.1. The number of hydrogen-bond acceptors (Lipinski definition) is 7. The second kappa shape index (κ2) is 13.1.